The first kappa shape index (κ1) is 17.6. The molecular weight excluding hydrogens is 366 g/mol. The Morgan fingerprint density at radius 1 is 1.19 bits per heavy atom. The smallest absolute Gasteiger partial charge is 0.269 e. The van der Waals surface area contributed by atoms with Crippen LogP contribution in [0.5, 0.6) is 0 Å². The highest BCUT2D eigenvalue weighted by molar-refractivity contribution is 7.09. The quantitative estimate of drug-likeness (QED) is 0.492. The molecule has 0 radical (unpaired) electrons. The number of nitro benzene ring substituents is 1. The van der Waals surface area contributed by atoms with Gasteiger partial charge in [0.2, 0.25) is 5.82 Å². The Balaban J connectivity index is 1.33. The zero-order valence-electron chi connectivity index (χ0n) is 14.7. The monoisotopic (exact) mass is 386 g/mol. The van der Waals surface area contributed by atoms with Gasteiger partial charge in [-0.3, -0.25) is 10.1 Å². The van der Waals surface area contributed by atoms with Gasteiger partial charge < -0.3 is 9.80 Å². The number of rotatable bonds is 6. The Hall–Kier alpha value is -2.85. The van der Waals surface area contributed by atoms with E-state index < -0.39 is 0 Å². The zero-order chi connectivity index (χ0) is 18.6. The van der Waals surface area contributed by atoms with E-state index in [1.54, 1.807) is 23.5 Å². The molecule has 3 heterocycles. The van der Waals surface area contributed by atoms with Gasteiger partial charge in [0.15, 0.2) is 0 Å². The van der Waals surface area contributed by atoms with Gasteiger partial charge in [-0.2, -0.15) is 0 Å². The van der Waals surface area contributed by atoms with Crippen molar-refractivity contribution in [2.75, 3.05) is 31.1 Å². The molecule has 10 heteroatoms. The van der Waals surface area contributed by atoms with Gasteiger partial charge in [-0.25, -0.2) is 4.68 Å². The minimum Gasteiger partial charge on any atom is -0.360 e. The van der Waals surface area contributed by atoms with Gasteiger partial charge in [0.05, 0.1) is 37.6 Å². The lowest BCUT2D eigenvalue weighted by atomic mass is 10.2. The number of piperazine rings is 1. The first-order valence-electron chi connectivity index (χ1n) is 8.79. The Morgan fingerprint density at radius 2 is 1.96 bits per heavy atom. The summed E-state index contributed by atoms with van der Waals surface area (Å²) in [6, 6.07) is 10.9. The summed E-state index contributed by atoms with van der Waals surface area (Å²) in [5, 5.41) is 25.0. The summed E-state index contributed by atoms with van der Waals surface area (Å²) in [5.41, 5.74) is 1.16. The normalized spacial score (nSPS) is 15.2. The van der Waals surface area contributed by atoms with E-state index in [0.29, 0.717) is 6.54 Å². The molecule has 1 N–H and O–H groups in total. The summed E-state index contributed by atoms with van der Waals surface area (Å²) in [6.07, 6.45) is 0. The van der Waals surface area contributed by atoms with Gasteiger partial charge >= 0.3 is 0 Å². The highest BCUT2D eigenvalue weighted by Crippen LogP contribution is 2.19. The number of benzene rings is 1. The predicted octanol–water partition coefficient (Wildman–Crippen LogP) is 0.596. The van der Waals surface area contributed by atoms with Crippen molar-refractivity contribution < 1.29 is 9.82 Å². The Labute approximate surface area is 160 Å². The maximum atomic E-state index is 10.8. The van der Waals surface area contributed by atoms with E-state index in [4.69, 9.17) is 0 Å². The van der Waals surface area contributed by atoms with Crippen LogP contribution >= 0.6 is 11.3 Å². The van der Waals surface area contributed by atoms with E-state index in [2.05, 4.69) is 31.9 Å². The highest BCUT2D eigenvalue weighted by atomic mass is 32.1. The van der Waals surface area contributed by atoms with Gasteiger partial charge in [-0.05, 0) is 34.0 Å². The molecule has 9 nitrogen and oxygen atoms in total. The van der Waals surface area contributed by atoms with E-state index >= 15 is 0 Å². The number of aromatic nitrogens is 4. The lowest BCUT2D eigenvalue weighted by molar-refractivity contribution is -0.915. The molecule has 4 rings (SSSR count). The molecule has 1 fully saturated rings. The van der Waals surface area contributed by atoms with Crippen LogP contribution in [0.3, 0.4) is 0 Å². The molecule has 1 aromatic carbocycles. The van der Waals surface area contributed by atoms with Crippen molar-refractivity contribution in [3.05, 3.63) is 62.6 Å². The van der Waals surface area contributed by atoms with Crippen LogP contribution in [0.1, 0.15) is 10.7 Å². The second-order valence-electron chi connectivity index (χ2n) is 6.52. The molecular formula is C17H20N7O2S+. The van der Waals surface area contributed by atoms with Crippen LogP contribution in [-0.4, -0.2) is 51.3 Å². The first-order valence-corrected chi connectivity index (χ1v) is 9.67. The SMILES string of the molecule is O=[N+]([O-])c1ccc(N2CC[NH+](Cc3nnnn3Cc3cccs3)CC2)cc1. The second kappa shape index (κ2) is 7.80. The molecule has 0 spiro atoms. The van der Waals surface area contributed by atoms with Crippen molar-refractivity contribution in [3.8, 4) is 0 Å². The lowest BCUT2D eigenvalue weighted by Crippen LogP contribution is -3.13. The first-order chi connectivity index (χ1) is 13.2. The molecule has 0 bridgehead atoms. The summed E-state index contributed by atoms with van der Waals surface area (Å²) >= 11 is 1.70. The van der Waals surface area contributed by atoms with Crippen LogP contribution in [0, 0.1) is 10.1 Å². The van der Waals surface area contributed by atoms with Gasteiger partial charge in [0.25, 0.3) is 5.69 Å². The van der Waals surface area contributed by atoms with Gasteiger partial charge in [-0.1, -0.05) is 6.07 Å². The van der Waals surface area contributed by atoms with Crippen molar-refractivity contribution in [1.82, 2.24) is 20.2 Å². The maximum Gasteiger partial charge on any atom is 0.269 e. The largest absolute Gasteiger partial charge is 0.360 e. The average Bonchev–Trinajstić information content (AvgIpc) is 3.35. The fourth-order valence-electron chi connectivity index (χ4n) is 3.29. The molecule has 140 valence electrons. The molecule has 3 aromatic rings. The summed E-state index contributed by atoms with van der Waals surface area (Å²) in [5.74, 6) is 0.905. The lowest BCUT2D eigenvalue weighted by Gasteiger charge is -2.33. The number of nitrogens with one attached hydrogen (secondary N) is 1. The number of tetrazole rings is 1. The number of thiophene rings is 1. The number of non-ortho nitro benzene ring substituents is 1. The number of nitro groups is 1. The van der Waals surface area contributed by atoms with Gasteiger partial charge in [-0.15, -0.1) is 16.4 Å². The Bertz CT molecular complexity index is 886. The predicted molar refractivity (Wildman–Crippen MR) is 101 cm³/mol. The Morgan fingerprint density at radius 3 is 2.63 bits per heavy atom. The van der Waals surface area contributed by atoms with Crippen molar-refractivity contribution >= 4 is 22.7 Å². The third-order valence-electron chi connectivity index (χ3n) is 4.80. The standard InChI is InChI=1S/C17H19N7O2S/c25-24(26)15-5-3-14(4-6-15)22-9-7-21(8-10-22)13-17-18-19-20-23(17)12-16-2-1-11-27-16/h1-6,11H,7-10,12-13H2/p+1. The zero-order valence-corrected chi connectivity index (χ0v) is 15.5. The molecule has 1 saturated heterocycles. The van der Waals surface area contributed by atoms with E-state index in [9.17, 15) is 10.1 Å². The van der Waals surface area contributed by atoms with Crippen LogP contribution in [0.15, 0.2) is 41.8 Å². The summed E-state index contributed by atoms with van der Waals surface area (Å²) in [6.45, 7) is 5.26. The van der Waals surface area contributed by atoms with Crippen molar-refractivity contribution in [2.24, 2.45) is 0 Å². The molecule has 0 amide bonds. The van der Waals surface area contributed by atoms with Crippen LogP contribution < -0.4 is 9.80 Å². The van der Waals surface area contributed by atoms with E-state index in [0.717, 1.165) is 44.2 Å². The highest BCUT2D eigenvalue weighted by Gasteiger charge is 2.23. The molecule has 0 unspecified atom stereocenters. The van der Waals surface area contributed by atoms with Crippen LogP contribution in [0.2, 0.25) is 0 Å². The molecule has 1 aliphatic heterocycles. The molecule has 2 aromatic heterocycles. The number of anilines is 1. The minimum absolute atomic E-state index is 0.126. The Kier molecular flexibility index (Phi) is 5.07. The fourth-order valence-corrected chi connectivity index (χ4v) is 3.98. The second-order valence-corrected chi connectivity index (χ2v) is 7.55. The van der Waals surface area contributed by atoms with Crippen molar-refractivity contribution in [2.45, 2.75) is 13.1 Å². The van der Waals surface area contributed by atoms with Crippen LogP contribution in [-0.2, 0) is 13.1 Å². The van der Waals surface area contributed by atoms with E-state index in [-0.39, 0.29) is 10.6 Å². The molecule has 1 aliphatic rings. The molecule has 0 atom stereocenters. The van der Waals surface area contributed by atoms with Crippen LogP contribution in [0.4, 0.5) is 11.4 Å². The van der Waals surface area contributed by atoms with Crippen molar-refractivity contribution in [3.63, 3.8) is 0 Å². The number of quaternary nitrogens is 1. The summed E-state index contributed by atoms with van der Waals surface area (Å²) < 4.78 is 1.88. The van der Waals surface area contributed by atoms with E-state index in [1.807, 2.05) is 22.9 Å². The minimum atomic E-state index is -0.369. The molecule has 0 aliphatic carbocycles. The van der Waals surface area contributed by atoms with Crippen LogP contribution in [0.25, 0.3) is 0 Å². The third-order valence-corrected chi connectivity index (χ3v) is 5.66. The fraction of sp³-hybridized carbons (Fsp3) is 0.353. The molecule has 27 heavy (non-hydrogen) atoms. The van der Waals surface area contributed by atoms with Gasteiger partial charge in [0, 0.05) is 22.7 Å². The maximum absolute atomic E-state index is 10.8. The van der Waals surface area contributed by atoms with Crippen molar-refractivity contribution in [1.29, 1.82) is 0 Å². The summed E-state index contributed by atoms with van der Waals surface area (Å²) in [7, 11) is 0. The average molecular weight is 386 g/mol. The number of hydrogen-bond acceptors (Lipinski definition) is 7. The van der Waals surface area contributed by atoms with E-state index in [1.165, 1.54) is 9.78 Å². The number of nitrogens with zero attached hydrogens (tertiary/aromatic N) is 6. The molecule has 0 saturated carbocycles. The topological polar surface area (TPSA) is 94.4 Å². The third kappa shape index (κ3) is 4.12. The number of hydrogen-bond donors (Lipinski definition) is 1. The summed E-state index contributed by atoms with van der Waals surface area (Å²) in [4.78, 5) is 15.4. The van der Waals surface area contributed by atoms with Gasteiger partial charge in [0.1, 0.15) is 6.54 Å².